The first kappa shape index (κ1) is 19.3. The maximum absolute atomic E-state index is 12.2. The number of nitrogens with zero attached hydrogens (tertiary/aromatic N) is 1. The van der Waals surface area contributed by atoms with Crippen LogP contribution in [0.2, 0.25) is 0 Å². The Labute approximate surface area is 163 Å². The molecule has 0 saturated carbocycles. The summed E-state index contributed by atoms with van der Waals surface area (Å²) in [4.78, 5) is 12.2. The van der Waals surface area contributed by atoms with E-state index in [-0.39, 0.29) is 12.3 Å². The SMILES string of the molecule is COc1cccc(CNC(=O)Cc2cc(-c3ccc(OC)c(OC)c3)on2)c1. The Kier molecular flexibility index (Phi) is 6.16. The molecule has 2 aromatic carbocycles. The zero-order chi connectivity index (χ0) is 19.9. The molecular weight excluding hydrogens is 360 g/mol. The number of methoxy groups -OCH3 is 3. The van der Waals surface area contributed by atoms with Gasteiger partial charge in [0.1, 0.15) is 5.75 Å². The van der Waals surface area contributed by atoms with Crippen LogP contribution < -0.4 is 19.5 Å². The van der Waals surface area contributed by atoms with E-state index in [0.29, 0.717) is 29.5 Å². The van der Waals surface area contributed by atoms with E-state index in [0.717, 1.165) is 16.9 Å². The summed E-state index contributed by atoms with van der Waals surface area (Å²) in [7, 11) is 4.76. The summed E-state index contributed by atoms with van der Waals surface area (Å²) in [5.74, 6) is 2.38. The largest absolute Gasteiger partial charge is 0.497 e. The van der Waals surface area contributed by atoms with Crippen LogP contribution in [0.25, 0.3) is 11.3 Å². The third-order valence-electron chi connectivity index (χ3n) is 4.19. The minimum atomic E-state index is -0.144. The Balaban J connectivity index is 1.61. The summed E-state index contributed by atoms with van der Waals surface area (Å²) in [5.41, 5.74) is 2.29. The van der Waals surface area contributed by atoms with Gasteiger partial charge in [-0.3, -0.25) is 4.79 Å². The summed E-state index contributed by atoms with van der Waals surface area (Å²) in [6.07, 6.45) is 0.126. The molecule has 1 amide bonds. The molecule has 0 spiro atoms. The fourth-order valence-corrected chi connectivity index (χ4v) is 2.73. The highest BCUT2D eigenvalue weighted by Crippen LogP contribution is 2.32. The van der Waals surface area contributed by atoms with Crippen molar-refractivity contribution in [3.05, 3.63) is 59.8 Å². The second-order valence-corrected chi connectivity index (χ2v) is 6.06. The number of hydrogen-bond acceptors (Lipinski definition) is 6. The van der Waals surface area contributed by atoms with E-state index in [4.69, 9.17) is 18.7 Å². The minimum Gasteiger partial charge on any atom is -0.497 e. The number of benzene rings is 2. The minimum absolute atomic E-state index is 0.126. The van der Waals surface area contributed by atoms with Crippen LogP contribution in [0.3, 0.4) is 0 Å². The van der Waals surface area contributed by atoms with Crippen LogP contribution in [0.1, 0.15) is 11.3 Å². The van der Waals surface area contributed by atoms with Gasteiger partial charge in [-0.1, -0.05) is 17.3 Å². The predicted molar refractivity (Wildman–Crippen MR) is 104 cm³/mol. The molecule has 0 radical (unpaired) electrons. The Bertz CT molecular complexity index is 951. The summed E-state index contributed by atoms with van der Waals surface area (Å²) >= 11 is 0. The van der Waals surface area contributed by atoms with E-state index in [1.54, 1.807) is 39.5 Å². The number of carbonyl (C=O) groups is 1. The first-order valence-corrected chi connectivity index (χ1v) is 8.70. The third kappa shape index (κ3) is 4.62. The van der Waals surface area contributed by atoms with Crippen molar-refractivity contribution < 1.29 is 23.5 Å². The molecule has 1 aromatic heterocycles. The highest BCUT2D eigenvalue weighted by molar-refractivity contribution is 5.78. The van der Waals surface area contributed by atoms with E-state index in [1.807, 2.05) is 30.3 Å². The number of aromatic nitrogens is 1. The summed E-state index contributed by atoms with van der Waals surface area (Å²) in [5, 5.41) is 6.85. The molecular formula is C21H22N2O5. The predicted octanol–water partition coefficient (Wildman–Crippen LogP) is 3.23. The van der Waals surface area contributed by atoms with Gasteiger partial charge in [-0.05, 0) is 35.9 Å². The number of amides is 1. The Hall–Kier alpha value is -3.48. The van der Waals surface area contributed by atoms with Crippen molar-refractivity contribution in [1.82, 2.24) is 10.5 Å². The smallest absolute Gasteiger partial charge is 0.226 e. The Morgan fingerprint density at radius 3 is 2.57 bits per heavy atom. The molecule has 3 rings (SSSR count). The maximum atomic E-state index is 12.2. The van der Waals surface area contributed by atoms with Gasteiger partial charge < -0.3 is 24.1 Å². The summed E-state index contributed by atoms with van der Waals surface area (Å²) < 4.78 is 21.1. The van der Waals surface area contributed by atoms with Crippen LogP contribution >= 0.6 is 0 Å². The standard InChI is InChI=1S/C21H22N2O5/c1-25-17-6-4-5-14(9-17)13-22-21(24)12-16-11-19(28-23-16)15-7-8-18(26-2)20(10-15)27-3/h4-11H,12-13H2,1-3H3,(H,22,24). The first-order chi connectivity index (χ1) is 13.6. The van der Waals surface area contributed by atoms with Gasteiger partial charge in [0.2, 0.25) is 5.91 Å². The lowest BCUT2D eigenvalue weighted by atomic mass is 10.1. The molecule has 0 fully saturated rings. The number of hydrogen-bond donors (Lipinski definition) is 1. The monoisotopic (exact) mass is 382 g/mol. The number of rotatable bonds is 8. The highest BCUT2D eigenvalue weighted by Gasteiger charge is 2.13. The molecule has 7 heteroatoms. The Morgan fingerprint density at radius 2 is 1.82 bits per heavy atom. The summed E-state index contributed by atoms with van der Waals surface area (Å²) in [6, 6.07) is 14.7. The van der Waals surface area contributed by atoms with Crippen LogP contribution in [0.4, 0.5) is 0 Å². The fourth-order valence-electron chi connectivity index (χ4n) is 2.73. The third-order valence-corrected chi connectivity index (χ3v) is 4.19. The lowest BCUT2D eigenvalue weighted by Crippen LogP contribution is -2.24. The fraction of sp³-hybridized carbons (Fsp3) is 0.238. The van der Waals surface area contributed by atoms with Gasteiger partial charge in [0, 0.05) is 18.2 Å². The average Bonchev–Trinajstić information content (AvgIpc) is 3.20. The normalized spacial score (nSPS) is 10.4. The molecule has 1 N–H and O–H groups in total. The van der Waals surface area contributed by atoms with E-state index >= 15 is 0 Å². The van der Waals surface area contributed by atoms with E-state index in [2.05, 4.69) is 10.5 Å². The highest BCUT2D eigenvalue weighted by atomic mass is 16.5. The van der Waals surface area contributed by atoms with E-state index in [1.165, 1.54) is 0 Å². The number of ether oxygens (including phenoxy) is 3. The zero-order valence-electron chi connectivity index (χ0n) is 16.0. The number of nitrogens with one attached hydrogen (secondary N) is 1. The molecule has 28 heavy (non-hydrogen) atoms. The molecule has 0 atom stereocenters. The van der Waals surface area contributed by atoms with Gasteiger partial charge in [-0.2, -0.15) is 0 Å². The van der Waals surface area contributed by atoms with Gasteiger partial charge in [0.15, 0.2) is 17.3 Å². The van der Waals surface area contributed by atoms with Crippen molar-refractivity contribution in [1.29, 1.82) is 0 Å². The van der Waals surface area contributed by atoms with Crippen LogP contribution in [-0.2, 0) is 17.8 Å². The lowest BCUT2D eigenvalue weighted by Gasteiger charge is -2.07. The van der Waals surface area contributed by atoms with Gasteiger partial charge >= 0.3 is 0 Å². The van der Waals surface area contributed by atoms with Gasteiger partial charge in [0.25, 0.3) is 0 Å². The van der Waals surface area contributed by atoms with Crippen molar-refractivity contribution in [3.8, 4) is 28.6 Å². The molecule has 0 bridgehead atoms. The molecule has 1 heterocycles. The topological polar surface area (TPSA) is 82.8 Å². The molecule has 0 aliphatic heterocycles. The van der Waals surface area contributed by atoms with Crippen molar-refractivity contribution in [2.75, 3.05) is 21.3 Å². The zero-order valence-corrected chi connectivity index (χ0v) is 16.0. The molecule has 0 unspecified atom stereocenters. The van der Waals surface area contributed by atoms with Crippen molar-refractivity contribution in [2.24, 2.45) is 0 Å². The molecule has 0 saturated heterocycles. The van der Waals surface area contributed by atoms with Crippen LogP contribution in [-0.4, -0.2) is 32.4 Å². The molecule has 3 aromatic rings. The maximum Gasteiger partial charge on any atom is 0.226 e. The van der Waals surface area contributed by atoms with Crippen LogP contribution in [0.15, 0.2) is 53.1 Å². The second kappa shape index (κ2) is 8.94. The summed E-state index contributed by atoms with van der Waals surface area (Å²) in [6.45, 7) is 0.413. The molecule has 0 aliphatic carbocycles. The molecule has 7 nitrogen and oxygen atoms in total. The van der Waals surface area contributed by atoms with Crippen LogP contribution in [0.5, 0.6) is 17.2 Å². The number of carbonyl (C=O) groups excluding carboxylic acids is 1. The lowest BCUT2D eigenvalue weighted by molar-refractivity contribution is -0.120. The van der Waals surface area contributed by atoms with Crippen molar-refractivity contribution in [3.63, 3.8) is 0 Å². The van der Waals surface area contributed by atoms with Crippen molar-refractivity contribution in [2.45, 2.75) is 13.0 Å². The van der Waals surface area contributed by atoms with E-state index in [9.17, 15) is 4.79 Å². The molecule has 0 aliphatic rings. The van der Waals surface area contributed by atoms with E-state index < -0.39 is 0 Å². The first-order valence-electron chi connectivity index (χ1n) is 8.70. The average molecular weight is 382 g/mol. The molecule has 146 valence electrons. The van der Waals surface area contributed by atoms with Gasteiger partial charge in [-0.15, -0.1) is 0 Å². The van der Waals surface area contributed by atoms with Gasteiger partial charge in [-0.25, -0.2) is 0 Å². The Morgan fingerprint density at radius 1 is 1.00 bits per heavy atom. The quantitative estimate of drug-likeness (QED) is 0.644. The van der Waals surface area contributed by atoms with Crippen LogP contribution in [0, 0.1) is 0 Å². The van der Waals surface area contributed by atoms with Crippen molar-refractivity contribution >= 4 is 5.91 Å². The second-order valence-electron chi connectivity index (χ2n) is 6.06. The van der Waals surface area contributed by atoms with Gasteiger partial charge in [0.05, 0.1) is 33.4 Å².